The van der Waals surface area contributed by atoms with Gasteiger partial charge in [-0.2, -0.15) is 0 Å². The van der Waals surface area contributed by atoms with Crippen LogP contribution in [-0.4, -0.2) is 43.3 Å². The number of carbonyl (C=O) groups excluding carboxylic acids is 1. The third-order valence-electron chi connectivity index (χ3n) is 4.39. The molecule has 27 heavy (non-hydrogen) atoms. The zero-order chi connectivity index (χ0) is 19.2. The molecule has 3 rings (SSSR count). The molecule has 1 aliphatic heterocycles. The van der Waals surface area contributed by atoms with E-state index in [9.17, 15) is 4.79 Å². The molecule has 0 aliphatic carbocycles. The van der Waals surface area contributed by atoms with Gasteiger partial charge in [0.25, 0.3) is 0 Å². The van der Waals surface area contributed by atoms with Crippen molar-refractivity contribution in [2.75, 3.05) is 27.3 Å². The summed E-state index contributed by atoms with van der Waals surface area (Å²) in [5.41, 5.74) is 3.37. The van der Waals surface area contributed by atoms with E-state index >= 15 is 0 Å². The molecule has 0 fully saturated rings. The van der Waals surface area contributed by atoms with Gasteiger partial charge in [0.15, 0.2) is 16.7 Å². The Balaban J connectivity index is 1.62. The number of hydrogen-bond donors (Lipinski definition) is 0. The highest BCUT2D eigenvalue weighted by Gasteiger charge is 2.24. The number of thioether (sulfide) groups is 1. The van der Waals surface area contributed by atoms with Gasteiger partial charge in [-0.05, 0) is 30.2 Å². The van der Waals surface area contributed by atoms with Crippen molar-refractivity contribution in [1.82, 2.24) is 4.90 Å². The summed E-state index contributed by atoms with van der Waals surface area (Å²) in [5.74, 6) is 2.15. The summed E-state index contributed by atoms with van der Waals surface area (Å²) in [6, 6.07) is 14.0. The third-order valence-corrected chi connectivity index (χ3v) is 5.48. The van der Waals surface area contributed by atoms with E-state index in [0.717, 1.165) is 16.5 Å². The van der Waals surface area contributed by atoms with Gasteiger partial charge in [0.1, 0.15) is 0 Å². The molecule has 0 unspecified atom stereocenters. The summed E-state index contributed by atoms with van der Waals surface area (Å²) in [4.78, 5) is 19.1. The topological polar surface area (TPSA) is 51.1 Å². The normalized spacial score (nSPS) is 13.4. The summed E-state index contributed by atoms with van der Waals surface area (Å²) in [6.45, 7) is 3.38. The number of benzene rings is 2. The number of amidine groups is 1. The zero-order valence-electron chi connectivity index (χ0n) is 15.9. The Bertz CT molecular complexity index is 834. The standard InChI is InChI=1S/C21H24N2O3S/c1-15-4-6-16(7-5-15)14-27-21-22-10-11-23(21)20(24)13-17-8-9-18(25-2)19(12-17)26-3/h4-9,12H,10-11,13-14H2,1-3H3. The number of rotatable bonds is 6. The van der Waals surface area contributed by atoms with Crippen LogP contribution in [0.2, 0.25) is 0 Å². The van der Waals surface area contributed by atoms with Crippen molar-refractivity contribution in [3.05, 3.63) is 59.2 Å². The number of ether oxygens (including phenoxy) is 2. The first-order valence-corrected chi connectivity index (χ1v) is 9.83. The van der Waals surface area contributed by atoms with Gasteiger partial charge in [-0.15, -0.1) is 0 Å². The van der Waals surface area contributed by atoms with E-state index in [1.165, 1.54) is 11.1 Å². The van der Waals surface area contributed by atoms with Crippen LogP contribution in [0, 0.1) is 6.92 Å². The molecule has 142 valence electrons. The Morgan fingerprint density at radius 1 is 1.07 bits per heavy atom. The number of amides is 1. The number of aryl methyl sites for hydroxylation is 1. The van der Waals surface area contributed by atoms with E-state index in [0.29, 0.717) is 31.0 Å². The molecule has 5 nitrogen and oxygen atoms in total. The third kappa shape index (κ3) is 4.83. The summed E-state index contributed by atoms with van der Waals surface area (Å²) in [7, 11) is 3.19. The molecule has 6 heteroatoms. The lowest BCUT2D eigenvalue weighted by atomic mass is 10.1. The van der Waals surface area contributed by atoms with Gasteiger partial charge in [-0.3, -0.25) is 14.7 Å². The maximum absolute atomic E-state index is 12.8. The van der Waals surface area contributed by atoms with Crippen molar-refractivity contribution >= 4 is 22.8 Å². The lowest BCUT2D eigenvalue weighted by Crippen LogP contribution is -2.34. The van der Waals surface area contributed by atoms with Crippen LogP contribution in [0.15, 0.2) is 47.5 Å². The number of nitrogens with zero attached hydrogens (tertiary/aromatic N) is 2. The molecule has 0 bridgehead atoms. The van der Waals surface area contributed by atoms with Crippen LogP contribution in [0.3, 0.4) is 0 Å². The molecule has 1 heterocycles. The van der Waals surface area contributed by atoms with E-state index < -0.39 is 0 Å². The van der Waals surface area contributed by atoms with Crippen LogP contribution >= 0.6 is 11.8 Å². The molecule has 1 aliphatic rings. The molecular weight excluding hydrogens is 360 g/mol. The Hall–Kier alpha value is -2.47. The largest absolute Gasteiger partial charge is 0.493 e. The van der Waals surface area contributed by atoms with Gasteiger partial charge < -0.3 is 9.47 Å². The van der Waals surface area contributed by atoms with Crippen molar-refractivity contribution in [3.63, 3.8) is 0 Å². The van der Waals surface area contributed by atoms with E-state index in [2.05, 4.69) is 36.2 Å². The summed E-state index contributed by atoms with van der Waals surface area (Å²) in [6.07, 6.45) is 0.310. The number of hydrogen-bond acceptors (Lipinski definition) is 5. The monoisotopic (exact) mass is 384 g/mol. The molecule has 1 amide bonds. The second-order valence-corrected chi connectivity index (χ2v) is 7.29. The minimum atomic E-state index is 0.0508. The second-order valence-electron chi connectivity index (χ2n) is 6.35. The van der Waals surface area contributed by atoms with Crippen LogP contribution in [0.5, 0.6) is 11.5 Å². The van der Waals surface area contributed by atoms with Gasteiger partial charge in [0, 0.05) is 12.3 Å². The first-order valence-electron chi connectivity index (χ1n) is 8.85. The quantitative estimate of drug-likeness (QED) is 0.762. The Labute approximate surface area is 164 Å². The minimum Gasteiger partial charge on any atom is -0.493 e. The average Bonchev–Trinajstić information content (AvgIpc) is 3.16. The molecule has 0 N–H and O–H groups in total. The minimum absolute atomic E-state index is 0.0508. The van der Waals surface area contributed by atoms with Crippen LogP contribution in [-0.2, 0) is 17.0 Å². The van der Waals surface area contributed by atoms with Gasteiger partial charge in [0.05, 0.1) is 27.2 Å². The lowest BCUT2D eigenvalue weighted by Gasteiger charge is -2.18. The van der Waals surface area contributed by atoms with Crippen LogP contribution in [0.1, 0.15) is 16.7 Å². The van der Waals surface area contributed by atoms with Crippen LogP contribution < -0.4 is 9.47 Å². The highest BCUT2D eigenvalue weighted by molar-refractivity contribution is 8.13. The Morgan fingerprint density at radius 3 is 2.48 bits per heavy atom. The highest BCUT2D eigenvalue weighted by Crippen LogP contribution is 2.28. The number of carbonyl (C=O) groups is 1. The summed E-state index contributed by atoms with van der Waals surface area (Å²) < 4.78 is 10.6. The average molecular weight is 385 g/mol. The molecule has 2 aromatic rings. The Kier molecular flexibility index (Phi) is 6.40. The molecule has 0 saturated heterocycles. The molecule has 0 aromatic heterocycles. The van der Waals surface area contributed by atoms with Crippen molar-refractivity contribution in [1.29, 1.82) is 0 Å². The fraction of sp³-hybridized carbons (Fsp3) is 0.333. The molecule has 2 aromatic carbocycles. The first kappa shape index (κ1) is 19.3. The van der Waals surface area contributed by atoms with Gasteiger partial charge in [-0.25, -0.2) is 0 Å². The predicted octanol–water partition coefficient (Wildman–Crippen LogP) is 3.69. The van der Waals surface area contributed by atoms with Gasteiger partial charge in [-0.1, -0.05) is 47.7 Å². The van der Waals surface area contributed by atoms with Crippen molar-refractivity contribution in [2.45, 2.75) is 19.1 Å². The van der Waals surface area contributed by atoms with E-state index in [4.69, 9.17) is 9.47 Å². The first-order chi connectivity index (χ1) is 13.1. The predicted molar refractivity (Wildman–Crippen MR) is 110 cm³/mol. The second kappa shape index (κ2) is 8.95. The Morgan fingerprint density at radius 2 is 1.78 bits per heavy atom. The molecule has 0 saturated carbocycles. The van der Waals surface area contributed by atoms with E-state index in [-0.39, 0.29) is 5.91 Å². The molecule has 0 atom stereocenters. The lowest BCUT2D eigenvalue weighted by molar-refractivity contribution is -0.126. The SMILES string of the molecule is COc1ccc(CC(=O)N2CCN=C2SCc2ccc(C)cc2)cc1OC. The van der Waals surface area contributed by atoms with Gasteiger partial charge in [0.2, 0.25) is 5.91 Å². The highest BCUT2D eigenvalue weighted by atomic mass is 32.2. The van der Waals surface area contributed by atoms with Crippen molar-refractivity contribution < 1.29 is 14.3 Å². The van der Waals surface area contributed by atoms with Crippen LogP contribution in [0.25, 0.3) is 0 Å². The zero-order valence-corrected chi connectivity index (χ0v) is 16.7. The fourth-order valence-electron chi connectivity index (χ4n) is 2.87. The van der Waals surface area contributed by atoms with Crippen molar-refractivity contribution in [3.8, 4) is 11.5 Å². The van der Waals surface area contributed by atoms with Crippen molar-refractivity contribution in [2.24, 2.45) is 4.99 Å². The molecule has 0 radical (unpaired) electrons. The number of aliphatic imine (C=N–C) groups is 1. The summed E-state index contributed by atoms with van der Waals surface area (Å²) >= 11 is 1.61. The maximum atomic E-state index is 12.8. The maximum Gasteiger partial charge on any atom is 0.233 e. The smallest absolute Gasteiger partial charge is 0.233 e. The number of methoxy groups -OCH3 is 2. The van der Waals surface area contributed by atoms with Crippen LogP contribution in [0.4, 0.5) is 0 Å². The van der Waals surface area contributed by atoms with E-state index in [1.807, 2.05) is 18.2 Å². The molecular formula is C21H24N2O3S. The molecule has 0 spiro atoms. The van der Waals surface area contributed by atoms with E-state index in [1.54, 1.807) is 30.9 Å². The fourth-order valence-corrected chi connectivity index (χ4v) is 3.89. The summed E-state index contributed by atoms with van der Waals surface area (Å²) in [5, 5.41) is 0.807. The van der Waals surface area contributed by atoms with Gasteiger partial charge >= 0.3 is 0 Å².